The van der Waals surface area contributed by atoms with E-state index in [9.17, 15) is 15.2 Å². The van der Waals surface area contributed by atoms with E-state index >= 15 is 0 Å². The van der Waals surface area contributed by atoms with Gasteiger partial charge in [-0.1, -0.05) is 42.5 Å². The number of aliphatic hydroxyl groups excluding tert-OH is 1. The first-order valence-corrected chi connectivity index (χ1v) is 6.21. The van der Waals surface area contributed by atoms with Crippen LogP contribution in [0.3, 0.4) is 0 Å². The topological polar surface area (TPSA) is 72.6 Å². The Morgan fingerprint density at radius 3 is 2.35 bits per heavy atom. The van der Waals surface area contributed by atoms with Gasteiger partial charge in [0.1, 0.15) is 18.5 Å². The first-order valence-electron chi connectivity index (χ1n) is 6.21. The predicted molar refractivity (Wildman–Crippen MR) is 74.0 cm³/mol. The Labute approximate surface area is 116 Å². The van der Waals surface area contributed by atoms with Crippen LogP contribution in [0.25, 0.3) is 0 Å². The van der Waals surface area contributed by atoms with Gasteiger partial charge in [-0.05, 0) is 23.3 Å². The average molecular weight is 273 g/mol. The summed E-state index contributed by atoms with van der Waals surface area (Å²) in [7, 11) is 0. The molecule has 1 N–H and O–H groups in total. The maximum atomic E-state index is 10.3. The molecule has 1 unspecified atom stereocenters. The van der Waals surface area contributed by atoms with Crippen LogP contribution in [0.15, 0.2) is 54.6 Å². The van der Waals surface area contributed by atoms with E-state index in [1.54, 1.807) is 24.3 Å². The SMILES string of the molecule is O=[N+]([O-])CC(O)c1ccc(OCc2ccccc2)cc1. The summed E-state index contributed by atoms with van der Waals surface area (Å²) in [5.41, 5.74) is 1.57. The van der Waals surface area contributed by atoms with Gasteiger partial charge in [0.2, 0.25) is 6.54 Å². The van der Waals surface area contributed by atoms with Crippen LogP contribution in [0.2, 0.25) is 0 Å². The Morgan fingerprint density at radius 1 is 1.10 bits per heavy atom. The lowest BCUT2D eigenvalue weighted by molar-refractivity contribution is -0.491. The molecule has 0 aliphatic heterocycles. The van der Waals surface area contributed by atoms with E-state index in [1.165, 1.54) is 0 Å². The van der Waals surface area contributed by atoms with Gasteiger partial charge in [-0.3, -0.25) is 10.1 Å². The van der Waals surface area contributed by atoms with Crippen LogP contribution in [0.4, 0.5) is 0 Å². The molecule has 0 bridgehead atoms. The van der Waals surface area contributed by atoms with Gasteiger partial charge >= 0.3 is 0 Å². The van der Waals surface area contributed by atoms with Crippen LogP contribution in [0, 0.1) is 10.1 Å². The van der Waals surface area contributed by atoms with Crippen molar-refractivity contribution in [3.8, 4) is 5.75 Å². The minimum absolute atomic E-state index is 0.456. The Kier molecular flexibility index (Phi) is 4.68. The van der Waals surface area contributed by atoms with Gasteiger partial charge in [-0.25, -0.2) is 0 Å². The summed E-state index contributed by atoms with van der Waals surface area (Å²) in [6, 6.07) is 16.4. The molecule has 0 spiro atoms. The molecule has 0 aliphatic carbocycles. The lowest BCUT2D eigenvalue weighted by Gasteiger charge is -2.09. The summed E-state index contributed by atoms with van der Waals surface area (Å²) in [5.74, 6) is 0.658. The normalized spacial score (nSPS) is 11.8. The minimum atomic E-state index is -1.09. The minimum Gasteiger partial charge on any atom is -0.489 e. The molecule has 0 radical (unpaired) electrons. The quantitative estimate of drug-likeness (QED) is 0.648. The van der Waals surface area contributed by atoms with E-state index in [4.69, 9.17) is 4.74 Å². The molecule has 104 valence electrons. The number of hydrogen-bond acceptors (Lipinski definition) is 4. The van der Waals surface area contributed by atoms with Crippen molar-refractivity contribution in [2.45, 2.75) is 12.7 Å². The molecule has 2 aromatic carbocycles. The molecule has 5 nitrogen and oxygen atoms in total. The third-order valence-electron chi connectivity index (χ3n) is 2.84. The Hall–Kier alpha value is -2.40. The number of nitro groups is 1. The lowest BCUT2D eigenvalue weighted by atomic mass is 10.1. The van der Waals surface area contributed by atoms with Crippen LogP contribution >= 0.6 is 0 Å². The van der Waals surface area contributed by atoms with Crippen molar-refractivity contribution in [3.05, 3.63) is 75.8 Å². The molecule has 1 atom stereocenters. The largest absolute Gasteiger partial charge is 0.489 e. The van der Waals surface area contributed by atoms with Crippen LogP contribution in [0.5, 0.6) is 5.75 Å². The second-order valence-corrected chi connectivity index (χ2v) is 4.37. The van der Waals surface area contributed by atoms with Crippen molar-refractivity contribution in [3.63, 3.8) is 0 Å². The van der Waals surface area contributed by atoms with E-state index in [-0.39, 0.29) is 0 Å². The predicted octanol–water partition coefficient (Wildman–Crippen LogP) is 2.58. The third kappa shape index (κ3) is 4.07. The van der Waals surface area contributed by atoms with E-state index in [2.05, 4.69) is 0 Å². The second kappa shape index (κ2) is 6.68. The highest BCUT2D eigenvalue weighted by Gasteiger charge is 2.13. The van der Waals surface area contributed by atoms with Gasteiger partial charge in [-0.2, -0.15) is 0 Å². The molecule has 0 saturated carbocycles. The number of nitrogens with zero attached hydrogens (tertiary/aromatic N) is 1. The summed E-state index contributed by atoms with van der Waals surface area (Å²) in [6.07, 6.45) is -1.09. The summed E-state index contributed by atoms with van der Waals surface area (Å²) >= 11 is 0. The third-order valence-corrected chi connectivity index (χ3v) is 2.84. The molecular formula is C15H15NO4. The summed E-state index contributed by atoms with van der Waals surface area (Å²) in [5, 5.41) is 19.9. The van der Waals surface area contributed by atoms with Gasteiger partial charge in [0.05, 0.1) is 0 Å². The van der Waals surface area contributed by atoms with Crippen molar-refractivity contribution in [1.29, 1.82) is 0 Å². The zero-order valence-electron chi connectivity index (χ0n) is 10.8. The average Bonchev–Trinajstić information content (AvgIpc) is 2.46. The molecule has 0 fully saturated rings. The molecule has 20 heavy (non-hydrogen) atoms. The number of benzene rings is 2. The maximum absolute atomic E-state index is 10.3. The number of rotatable bonds is 6. The summed E-state index contributed by atoms with van der Waals surface area (Å²) in [4.78, 5) is 9.79. The van der Waals surface area contributed by atoms with Gasteiger partial charge in [0.25, 0.3) is 0 Å². The van der Waals surface area contributed by atoms with Gasteiger partial charge in [0.15, 0.2) is 0 Å². The maximum Gasteiger partial charge on any atom is 0.233 e. The molecular weight excluding hydrogens is 258 g/mol. The molecule has 0 aromatic heterocycles. The fourth-order valence-electron chi connectivity index (χ4n) is 1.77. The summed E-state index contributed by atoms with van der Waals surface area (Å²) in [6.45, 7) is -0.0398. The number of hydrogen-bond donors (Lipinski definition) is 1. The molecule has 0 amide bonds. The standard InChI is InChI=1S/C15H15NO4/c17-15(10-16(18)19)13-6-8-14(9-7-13)20-11-12-4-2-1-3-5-12/h1-9,15,17H,10-11H2. The van der Waals surface area contributed by atoms with Gasteiger partial charge in [0, 0.05) is 4.92 Å². The van der Waals surface area contributed by atoms with Crippen molar-refractivity contribution < 1.29 is 14.8 Å². The zero-order valence-corrected chi connectivity index (χ0v) is 10.8. The fourth-order valence-corrected chi connectivity index (χ4v) is 1.77. The van der Waals surface area contributed by atoms with Crippen LogP contribution in [0.1, 0.15) is 17.2 Å². The highest BCUT2D eigenvalue weighted by atomic mass is 16.6. The molecule has 2 aromatic rings. The van der Waals surface area contributed by atoms with Crippen molar-refractivity contribution >= 4 is 0 Å². The first kappa shape index (κ1) is 14.0. The van der Waals surface area contributed by atoms with Crippen molar-refractivity contribution in [2.24, 2.45) is 0 Å². The van der Waals surface area contributed by atoms with Crippen LogP contribution < -0.4 is 4.74 Å². The Bertz CT molecular complexity index is 554. The van der Waals surface area contributed by atoms with E-state index in [0.29, 0.717) is 17.9 Å². The van der Waals surface area contributed by atoms with Gasteiger partial charge < -0.3 is 9.84 Å². The monoisotopic (exact) mass is 273 g/mol. The molecule has 0 aliphatic rings. The van der Waals surface area contributed by atoms with Crippen molar-refractivity contribution in [1.82, 2.24) is 0 Å². The number of ether oxygens (including phenoxy) is 1. The number of aliphatic hydroxyl groups is 1. The zero-order chi connectivity index (χ0) is 14.4. The molecule has 5 heteroatoms. The highest BCUT2D eigenvalue weighted by Crippen LogP contribution is 2.18. The van der Waals surface area contributed by atoms with E-state index in [0.717, 1.165) is 5.56 Å². The molecule has 2 rings (SSSR count). The lowest BCUT2D eigenvalue weighted by Crippen LogP contribution is -2.11. The Morgan fingerprint density at radius 2 is 1.75 bits per heavy atom. The van der Waals surface area contributed by atoms with E-state index < -0.39 is 17.6 Å². The first-order chi connectivity index (χ1) is 9.65. The van der Waals surface area contributed by atoms with E-state index in [1.807, 2.05) is 30.3 Å². The Balaban J connectivity index is 1.93. The van der Waals surface area contributed by atoms with Crippen molar-refractivity contribution in [2.75, 3.05) is 6.54 Å². The van der Waals surface area contributed by atoms with Gasteiger partial charge in [-0.15, -0.1) is 0 Å². The molecule has 0 heterocycles. The van der Waals surface area contributed by atoms with Crippen LogP contribution in [-0.4, -0.2) is 16.6 Å². The van der Waals surface area contributed by atoms with Crippen LogP contribution in [-0.2, 0) is 6.61 Å². The molecule has 0 saturated heterocycles. The smallest absolute Gasteiger partial charge is 0.233 e. The fraction of sp³-hybridized carbons (Fsp3) is 0.200. The highest BCUT2D eigenvalue weighted by molar-refractivity contribution is 5.29. The second-order valence-electron chi connectivity index (χ2n) is 4.37. The summed E-state index contributed by atoms with van der Waals surface area (Å²) < 4.78 is 5.59.